The van der Waals surface area contributed by atoms with Crippen LogP contribution in [0.15, 0.2) is 61.2 Å². The molecule has 1 unspecified atom stereocenters. The van der Waals surface area contributed by atoms with E-state index in [4.69, 9.17) is 14.2 Å². The van der Waals surface area contributed by atoms with Crippen LogP contribution in [0.25, 0.3) is 0 Å². The lowest BCUT2D eigenvalue weighted by Gasteiger charge is -2.31. The van der Waals surface area contributed by atoms with Crippen molar-refractivity contribution in [2.45, 2.75) is 20.0 Å². The highest BCUT2D eigenvalue weighted by molar-refractivity contribution is 5.90. The molecule has 2 aromatic rings. The van der Waals surface area contributed by atoms with Crippen molar-refractivity contribution in [3.63, 3.8) is 0 Å². The van der Waals surface area contributed by atoms with Crippen LogP contribution in [0.2, 0.25) is 0 Å². The zero-order valence-electron chi connectivity index (χ0n) is 15.1. The molecule has 0 aliphatic heterocycles. The summed E-state index contributed by atoms with van der Waals surface area (Å²) in [7, 11) is 3.17. The van der Waals surface area contributed by atoms with E-state index in [9.17, 15) is 4.79 Å². The summed E-state index contributed by atoms with van der Waals surface area (Å²) in [6, 6.07) is 14.4. The molecule has 0 aliphatic carbocycles. The molecular weight excluding hydrogens is 316 g/mol. The van der Waals surface area contributed by atoms with E-state index in [0.717, 1.165) is 5.56 Å². The van der Waals surface area contributed by atoms with Gasteiger partial charge in [-0.05, 0) is 35.9 Å². The number of esters is 1. The second kappa shape index (κ2) is 7.88. The van der Waals surface area contributed by atoms with Gasteiger partial charge in [-0.15, -0.1) is 6.58 Å². The highest BCUT2D eigenvalue weighted by atomic mass is 16.5. The third-order valence-corrected chi connectivity index (χ3v) is 4.13. The molecule has 2 aromatic carbocycles. The van der Waals surface area contributed by atoms with Crippen LogP contribution in [-0.4, -0.2) is 20.2 Å². The Kier molecular flexibility index (Phi) is 5.86. The van der Waals surface area contributed by atoms with E-state index in [1.165, 1.54) is 0 Å². The Morgan fingerprint density at radius 2 is 1.64 bits per heavy atom. The number of ether oxygens (including phenoxy) is 3. The van der Waals surface area contributed by atoms with Gasteiger partial charge in [-0.25, -0.2) is 4.79 Å². The van der Waals surface area contributed by atoms with E-state index in [1.807, 2.05) is 38.1 Å². The highest BCUT2D eigenvalue weighted by Crippen LogP contribution is 2.39. The van der Waals surface area contributed by atoms with Crippen molar-refractivity contribution in [3.8, 4) is 11.5 Å². The minimum Gasteiger partial charge on any atom is -0.497 e. The number of hydrogen-bond acceptors (Lipinski definition) is 4. The van der Waals surface area contributed by atoms with Gasteiger partial charge in [-0.2, -0.15) is 0 Å². The number of carbonyl (C=O) groups is 1. The van der Waals surface area contributed by atoms with Crippen LogP contribution in [0.4, 0.5) is 0 Å². The first-order valence-corrected chi connectivity index (χ1v) is 8.04. The van der Waals surface area contributed by atoms with Crippen LogP contribution < -0.4 is 9.47 Å². The fraction of sp³-hybridized carbons (Fsp3) is 0.286. The van der Waals surface area contributed by atoms with Gasteiger partial charge in [0.25, 0.3) is 0 Å². The SMILES string of the molecule is C=CC(C)(C)C(OC(=O)c1cccc(OC)c1)c1cccc(OC)c1. The quantitative estimate of drug-likeness (QED) is 0.536. The number of hydrogen-bond donors (Lipinski definition) is 0. The second-order valence-electron chi connectivity index (χ2n) is 6.32. The van der Waals surface area contributed by atoms with Crippen LogP contribution in [0.1, 0.15) is 35.9 Å². The summed E-state index contributed by atoms with van der Waals surface area (Å²) in [4.78, 5) is 12.7. The van der Waals surface area contributed by atoms with Crippen LogP contribution in [0, 0.1) is 5.41 Å². The predicted molar refractivity (Wildman–Crippen MR) is 98.1 cm³/mol. The molecule has 132 valence electrons. The largest absolute Gasteiger partial charge is 0.497 e. The molecule has 0 aliphatic rings. The summed E-state index contributed by atoms with van der Waals surface area (Å²) in [5.41, 5.74) is 0.827. The van der Waals surface area contributed by atoms with E-state index in [0.29, 0.717) is 17.1 Å². The molecule has 0 bridgehead atoms. The first kappa shape index (κ1) is 18.6. The van der Waals surface area contributed by atoms with Gasteiger partial charge in [0.15, 0.2) is 0 Å². The Balaban J connectivity index is 2.36. The Hall–Kier alpha value is -2.75. The van der Waals surface area contributed by atoms with Crippen molar-refractivity contribution in [1.82, 2.24) is 0 Å². The summed E-state index contributed by atoms with van der Waals surface area (Å²) in [6.45, 7) is 7.84. The Bertz CT molecular complexity index is 749. The Morgan fingerprint density at radius 3 is 2.24 bits per heavy atom. The molecule has 0 heterocycles. The van der Waals surface area contributed by atoms with Gasteiger partial charge in [0, 0.05) is 5.41 Å². The van der Waals surface area contributed by atoms with E-state index >= 15 is 0 Å². The Morgan fingerprint density at radius 1 is 1.04 bits per heavy atom. The van der Waals surface area contributed by atoms with Gasteiger partial charge in [-0.3, -0.25) is 0 Å². The molecule has 0 radical (unpaired) electrons. The van der Waals surface area contributed by atoms with E-state index in [-0.39, 0.29) is 0 Å². The van der Waals surface area contributed by atoms with Crippen molar-refractivity contribution in [2.24, 2.45) is 5.41 Å². The van der Waals surface area contributed by atoms with Crippen LogP contribution in [0.3, 0.4) is 0 Å². The van der Waals surface area contributed by atoms with Crippen molar-refractivity contribution in [1.29, 1.82) is 0 Å². The monoisotopic (exact) mass is 340 g/mol. The minimum absolute atomic E-state index is 0.415. The van der Waals surface area contributed by atoms with Crippen molar-refractivity contribution in [3.05, 3.63) is 72.3 Å². The van der Waals surface area contributed by atoms with Crippen molar-refractivity contribution in [2.75, 3.05) is 14.2 Å². The van der Waals surface area contributed by atoms with Crippen LogP contribution >= 0.6 is 0 Å². The summed E-state index contributed by atoms with van der Waals surface area (Å²) < 4.78 is 16.3. The van der Waals surface area contributed by atoms with E-state index in [1.54, 1.807) is 44.6 Å². The summed E-state index contributed by atoms with van der Waals surface area (Å²) in [5, 5.41) is 0. The number of rotatable bonds is 7. The topological polar surface area (TPSA) is 44.8 Å². The molecule has 0 spiro atoms. The minimum atomic E-state index is -0.501. The fourth-order valence-corrected chi connectivity index (χ4v) is 2.49. The number of methoxy groups -OCH3 is 2. The smallest absolute Gasteiger partial charge is 0.338 e. The van der Waals surface area contributed by atoms with Gasteiger partial charge in [0.2, 0.25) is 0 Å². The molecule has 0 saturated carbocycles. The summed E-state index contributed by atoms with van der Waals surface area (Å²) >= 11 is 0. The van der Waals surface area contributed by atoms with Gasteiger partial charge < -0.3 is 14.2 Å². The molecule has 0 N–H and O–H groups in total. The zero-order chi connectivity index (χ0) is 18.4. The molecule has 4 heteroatoms. The third-order valence-electron chi connectivity index (χ3n) is 4.13. The molecular formula is C21H24O4. The van der Waals surface area contributed by atoms with Gasteiger partial charge in [0.1, 0.15) is 17.6 Å². The third kappa shape index (κ3) is 4.41. The average molecular weight is 340 g/mol. The van der Waals surface area contributed by atoms with Crippen LogP contribution in [0.5, 0.6) is 11.5 Å². The predicted octanol–water partition coefficient (Wildman–Crippen LogP) is 4.81. The van der Waals surface area contributed by atoms with Crippen molar-refractivity contribution < 1.29 is 19.0 Å². The standard InChI is InChI=1S/C21H24O4/c1-6-21(2,3)19(15-9-7-11-17(13-15)23-4)25-20(22)16-10-8-12-18(14-16)24-5/h6-14,19H,1H2,2-5H3. The zero-order valence-corrected chi connectivity index (χ0v) is 15.1. The highest BCUT2D eigenvalue weighted by Gasteiger charge is 2.32. The average Bonchev–Trinajstić information content (AvgIpc) is 2.65. The van der Waals surface area contributed by atoms with E-state index < -0.39 is 17.5 Å². The first-order chi connectivity index (χ1) is 11.9. The maximum absolute atomic E-state index is 12.7. The van der Waals surface area contributed by atoms with Gasteiger partial charge in [-0.1, -0.05) is 38.1 Å². The van der Waals surface area contributed by atoms with Crippen LogP contribution in [-0.2, 0) is 4.74 Å². The molecule has 25 heavy (non-hydrogen) atoms. The normalized spacial score (nSPS) is 12.2. The summed E-state index contributed by atoms with van der Waals surface area (Å²) in [6.07, 6.45) is 1.29. The molecule has 0 saturated heterocycles. The van der Waals surface area contributed by atoms with Crippen molar-refractivity contribution >= 4 is 5.97 Å². The lowest BCUT2D eigenvalue weighted by Crippen LogP contribution is -2.25. The van der Waals surface area contributed by atoms with Gasteiger partial charge >= 0.3 is 5.97 Å². The molecule has 0 aromatic heterocycles. The summed E-state index contributed by atoms with van der Waals surface area (Å²) in [5.74, 6) is 0.900. The molecule has 4 nitrogen and oxygen atoms in total. The van der Waals surface area contributed by atoms with Gasteiger partial charge in [0.05, 0.1) is 19.8 Å². The maximum atomic E-state index is 12.7. The molecule has 0 fully saturated rings. The second-order valence-corrected chi connectivity index (χ2v) is 6.32. The lowest BCUT2D eigenvalue weighted by atomic mass is 9.82. The Labute approximate surface area is 149 Å². The molecule has 0 amide bonds. The maximum Gasteiger partial charge on any atom is 0.338 e. The first-order valence-electron chi connectivity index (χ1n) is 8.04. The number of carbonyl (C=O) groups excluding carboxylic acids is 1. The molecule has 2 rings (SSSR count). The van der Waals surface area contributed by atoms with E-state index in [2.05, 4.69) is 6.58 Å². The number of benzene rings is 2. The lowest BCUT2D eigenvalue weighted by molar-refractivity contribution is 0.00344. The molecule has 1 atom stereocenters. The fourth-order valence-electron chi connectivity index (χ4n) is 2.49.